The number of anilines is 2. The van der Waals surface area contributed by atoms with E-state index in [0.29, 0.717) is 17.7 Å². The average Bonchev–Trinajstić information content (AvgIpc) is 3.14. The number of fused-ring (bicyclic) bond motifs is 1. The molecule has 5 rings (SSSR count). The molecule has 2 aliphatic rings. The maximum absolute atomic E-state index is 13.1. The van der Waals surface area contributed by atoms with E-state index in [1.807, 2.05) is 54.6 Å². The normalized spacial score (nSPS) is 16.3. The number of carbonyl (C=O) groups is 2. The van der Waals surface area contributed by atoms with Gasteiger partial charge >= 0.3 is 5.97 Å². The van der Waals surface area contributed by atoms with Gasteiger partial charge in [0.2, 0.25) is 0 Å². The summed E-state index contributed by atoms with van der Waals surface area (Å²) in [5.74, 6) is -0.980. The molecule has 0 bridgehead atoms. The first kappa shape index (κ1) is 23.3. The highest BCUT2D eigenvalue weighted by Gasteiger charge is 2.28. The van der Waals surface area contributed by atoms with Crippen molar-refractivity contribution in [2.45, 2.75) is 25.8 Å². The molecule has 35 heavy (non-hydrogen) atoms. The summed E-state index contributed by atoms with van der Waals surface area (Å²) in [5.41, 5.74) is 6.85. The van der Waals surface area contributed by atoms with Crippen molar-refractivity contribution in [2.75, 3.05) is 23.7 Å². The van der Waals surface area contributed by atoms with Crippen LogP contribution in [0.2, 0.25) is 0 Å². The first-order chi connectivity index (χ1) is 17.0. The molecule has 0 aromatic heterocycles. The lowest BCUT2D eigenvalue weighted by atomic mass is 9.98. The Hall–Kier alpha value is -3.42. The summed E-state index contributed by atoms with van der Waals surface area (Å²) in [6.07, 6.45) is 1.82. The Balaban J connectivity index is 1.49. The van der Waals surface area contributed by atoms with Crippen LogP contribution in [-0.2, 0) is 22.6 Å². The lowest BCUT2D eigenvalue weighted by Crippen LogP contribution is -2.36. The molecule has 0 spiro atoms. The fourth-order valence-electron chi connectivity index (χ4n) is 4.40. The molecule has 0 unspecified atom stereocenters. The molecule has 3 N–H and O–H groups in total. The fourth-order valence-corrected chi connectivity index (χ4v) is 4.76. The highest BCUT2D eigenvalue weighted by atomic mass is 79.9. The monoisotopic (exact) mass is 531 g/mol. The number of nitrogens with one attached hydrogen (secondary N) is 2. The minimum absolute atomic E-state index is 0.0833. The van der Waals surface area contributed by atoms with E-state index in [1.165, 1.54) is 12.0 Å². The van der Waals surface area contributed by atoms with Gasteiger partial charge in [0.15, 0.2) is 0 Å². The summed E-state index contributed by atoms with van der Waals surface area (Å²) in [6, 6.07) is 21.8. The highest BCUT2D eigenvalue weighted by Crippen LogP contribution is 2.39. The van der Waals surface area contributed by atoms with Gasteiger partial charge in [0.05, 0.1) is 17.0 Å². The predicted molar refractivity (Wildman–Crippen MR) is 142 cm³/mol. The lowest BCUT2D eigenvalue weighted by molar-refractivity contribution is -0.137. The van der Waals surface area contributed by atoms with Crippen molar-refractivity contribution >= 4 is 50.5 Å². The zero-order valence-corrected chi connectivity index (χ0v) is 20.8. The van der Waals surface area contributed by atoms with Crippen LogP contribution in [0.15, 0.2) is 71.2 Å². The molecule has 2 aliphatic heterocycles. The number of carboxylic acid groups (broad SMARTS) is 1. The minimum atomic E-state index is -0.818. The number of carboxylic acids is 1. The van der Waals surface area contributed by atoms with Crippen molar-refractivity contribution in [1.29, 1.82) is 0 Å². The van der Waals surface area contributed by atoms with Gasteiger partial charge in [-0.15, -0.1) is 0 Å². The molecule has 0 radical (unpaired) electrons. The van der Waals surface area contributed by atoms with E-state index in [0.717, 1.165) is 52.2 Å². The van der Waals surface area contributed by atoms with Crippen LogP contribution in [0.25, 0.3) is 11.3 Å². The quantitative estimate of drug-likeness (QED) is 0.329. The van der Waals surface area contributed by atoms with Gasteiger partial charge in [-0.1, -0.05) is 58.4 Å². The van der Waals surface area contributed by atoms with Crippen molar-refractivity contribution in [3.63, 3.8) is 0 Å². The van der Waals surface area contributed by atoms with Crippen molar-refractivity contribution in [2.24, 2.45) is 0 Å². The van der Waals surface area contributed by atoms with E-state index in [4.69, 9.17) is 5.11 Å². The molecule has 3 aromatic rings. The molecule has 7 heteroatoms. The van der Waals surface area contributed by atoms with E-state index in [2.05, 4.69) is 43.6 Å². The zero-order chi connectivity index (χ0) is 24.4. The largest absolute Gasteiger partial charge is 0.481 e. The molecular formula is C28H26BrN3O3. The SMILES string of the molecule is O=C(O)CCc1ccc(C(Nc2ccc(CN3CCC3)cc2)=C2C(=O)Nc3cc(Br)ccc32)cc1. The van der Waals surface area contributed by atoms with Crippen LogP contribution >= 0.6 is 15.9 Å². The van der Waals surface area contributed by atoms with Gasteiger partial charge in [-0.25, -0.2) is 0 Å². The van der Waals surface area contributed by atoms with E-state index >= 15 is 0 Å². The Morgan fingerprint density at radius 2 is 1.71 bits per heavy atom. The second-order valence-electron chi connectivity index (χ2n) is 8.94. The smallest absolute Gasteiger partial charge is 0.303 e. The van der Waals surface area contributed by atoms with E-state index in [9.17, 15) is 9.59 Å². The maximum Gasteiger partial charge on any atom is 0.303 e. The average molecular weight is 532 g/mol. The predicted octanol–water partition coefficient (Wildman–Crippen LogP) is 5.60. The van der Waals surface area contributed by atoms with Crippen molar-refractivity contribution < 1.29 is 14.7 Å². The Bertz CT molecular complexity index is 1300. The summed E-state index contributed by atoms with van der Waals surface area (Å²) < 4.78 is 0.896. The number of likely N-dealkylation sites (tertiary alicyclic amines) is 1. The highest BCUT2D eigenvalue weighted by molar-refractivity contribution is 9.10. The van der Waals surface area contributed by atoms with Gasteiger partial charge in [0.1, 0.15) is 0 Å². The standard InChI is InChI=1S/C28H26BrN3O3/c29-21-9-12-23-24(16-21)31-28(35)26(23)27(20-7-2-18(3-8-20)6-13-25(33)34)30-22-10-4-19(5-11-22)17-32-14-1-15-32/h2-5,7-12,16,30H,1,6,13-15,17H2,(H,31,35)(H,33,34). The molecule has 178 valence electrons. The number of benzene rings is 3. The van der Waals surface area contributed by atoms with E-state index in [1.54, 1.807) is 0 Å². The molecule has 6 nitrogen and oxygen atoms in total. The van der Waals surface area contributed by atoms with Crippen molar-refractivity contribution in [3.8, 4) is 0 Å². The molecule has 1 amide bonds. The second kappa shape index (κ2) is 10.1. The fraction of sp³-hybridized carbons (Fsp3) is 0.214. The number of halogens is 1. The van der Waals surface area contributed by atoms with Crippen LogP contribution in [0.3, 0.4) is 0 Å². The van der Waals surface area contributed by atoms with Gasteiger partial charge in [-0.3, -0.25) is 14.5 Å². The Morgan fingerprint density at radius 1 is 1.00 bits per heavy atom. The first-order valence-corrected chi connectivity index (χ1v) is 12.5. The number of hydrogen-bond donors (Lipinski definition) is 3. The Morgan fingerprint density at radius 3 is 2.37 bits per heavy atom. The van der Waals surface area contributed by atoms with Crippen molar-refractivity contribution in [3.05, 3.63) is 93.5 Å². The number of aliphatic carboxylic acids is 1. The third-order valence-corrected chi connectivity index (χ3v) is 6.92. The molecule has 1 saturated heterocycles. The van der Waals surface area contributed by atoms with Crippen LogP contribution in [0.5, 0.6) is 0 Å². The van der Waals surface area contributed by atoms with Gasteiger partial charge in [0.25, 0.3) is 5.91 Å². The van der Waals surface area contributed by atoms with Crippen LogP contribution in [0.4, 0.5) is 11.4 Å². The van der Waals surface area contributed by atoms with Gasteiger partial charge in [0, 0.05) is 28.7 Å². The summed E-state index contributed by atoms with van der Waals surface area (Å²) in [4.78, 5) is 26.5. The number of aryl methyl sites for hydroxylation is 1. The number of hydrogen-bond acceptors (Lipinski definition) is 4. The van der Waals surface area contributed by atoms with Crippen LogP contribution < -0.4 is 10.6 Å². The van der Waals surface area contributed by atoms with E-state index < -0.39 is 5.97 Å². The number of amides is 1. The number of nitrogens with zero attached hydrogens (tertiary/aromatic N) is 1. The molecule has 0 atom stereocenters. The first-order valence-electron chi connectivity index (χ1n) is 11.7. The topological polar surface area (TPSA) is 81.7 Å². The molecule has 0 aliphatic carbocycles. The number of carbonyl (C=O) groups excluding carboxylic acids is 1. The maximum atomic E-state index is 13.1. The summed E-state index contributed by atoms with van der Waals surface area (Å²) >= 11 is 3.48. The third kappa shape index (κ3) is 5.31. The number of rotatable bonds is 8. The lowest BCUT2D eigenvalue weighted by Gasteiger charge is -2.30. The van der Waals surface area contributed by atoms with E-state index in [-0.39, 0.29) is 12.3 Å². The Kier molecular flexibility index (Phi) is 6.70. The minimum Gasteiger partial charge on any atom is -0.481 e. The van der Waals surface area contributed by atoms with Gasteiger partial charge < -0.3 is 15.7 Å². The summed E-state index contributed by atoms with van der Waals surface area (Å²) in [7, 11) is 0. The molecule has 3 aromatic carbocycles. The Labute approximate surface area is 212 Å². The third-order valence-electron chi connectivity index (χ3n) is 6.42. The van der Waals surface area contributed by atoms with Crippen LogP contribution in [-0.4, -0.2) is 35.0 Å². The van der Waals surface area contributed by atoms with Gasteiger partial charge in [-0.2, -0.15) is 0 Å². The second-order valence-corrected chi connectivity index (χ2v) is 9.85. The van der Waals surface area contributed by atoms with Crippen LogP contribution in [0, 0.1) is 0 Å². The summed E-state index contributed by atoms with van der Waals surface area (Å²) in [6.45, 7) is 3.27. The molecule has 1 fully saturated rings. The van der Waals surface area contributed by atoms with Gasteiger partial charge in [-0.05, 0) is 66.9 Å². The van der Waals surface area contributed by atoms with Crippen molar-refractivity contribution in [1.82, 2.24) is 4.90 Å². The summed E-state index contributed by atoms with van der Waals surface area (Å²) in [5, 5.41) is 15.5. The zero-order valence-electron chi connectivity index (χ0n) is 19.2. The molecule has 0 saturated carbocycles. The van der Waals surface area contributed by atoms with Crippen LogP contribution in [0.1, 0.15) is 35.1 Å². The molecule has 2 heterocycles. The molecular weight excluding hydrogens is 506 g/mol.